The van der Waals surface area contributed by atoms with Crippen molar-refractivity contribution in [2.24, 2.45) is 11.8 Å². The minimum absolute atomic E-state index is 0.0473. The summed E-state index contributed by atoms with van der Waals surface area (Å²) < 4.78 is -0.839. The van der Waals surface area contributed by atoms with Crippen LogP contribution in [0, 0.1) is 11.8 Å². The van der Waals surface area contributed by atoms with Crippen molar-refractivity contribution in [1.82, 2.24) is 14.7 Å². The van der Waals surface area contributed by atoms with Crippen molar-refractivity contribution >= 4 is 29.5 Å². The third-order valence-corrected chi connectivity index (χ3v) is 9.35. The molecule has 2 fully saturated rings. The van der Waals surface area contributed by atoms with Gasteiger partial charge in [-0.2, -0.15) is 0 Å². The molecule has 4 heterocycles. The zero-order chi connectivity index (χ0) is 25.0. The third kappa shape index (κ3) is 3.82. The Balaban J connectivity index is 1.55. The highest BCUT2D eigenvalue weighted by molar-refractivity contribution is 8.02. The van der Waals surface area contributed by atoms with Crippen molar-refractivity contribution < 1.29 is 19.5 Å². The van der Waals surface area contributed by atoms with Crippen LogP contribution < -0.4 is 0 Å². The maximum Gasteiger partial charge on any atom is 0.247 e. The van der Waals surface area contributed by atoms with E-state index in [1.807, 2.05) is 74.2 Å². The molecular formula is C27H33N3O4S. The fourth-order valence-electron chi connectivity index (χ4n) is 6.09. The molecule has 1 aromatic carbocycles. The molecule has 186 valence electrons. The number of amides is 3. The number of likely N-dealkylation sites (tertiary alicyclic amines) is 1. The molecule has 1 unspecified atom stereocenters. The van der Waals surface area contributed by atoms with Gasteiger partial charge in [-0.15, -0.1) is 11.8 Å². The first kappa shape index (κ1) is 24.1. The lowest BCUT2D eigenvalue weighted by molar-refractivity contribution is -0.146. The number of aliphatic hydroxyl groups is 1. The predicted octanol–water partition coefficient (Wildman–Crippen LogP) is 2.07. The second kappa shape index (κ2) is 8.82. The van der Waals surface area contributed by atoms with E-state index in [1.165, 1.54) is 4.90 Å². The Bertz CT molecular complexity index is 1080. The van der Waals surface area contributed by atoms with Crippen LogP contribution in [0.2, 0.25) is 0 Å². The molecule has 4 aliphatic heterocycles. The molecule has 0 radical (unpaired) electrons. The Morgan fingerprint density at radius 1 is 1.03 bits per heavy atom. The minimum Gasteiger partial charge on any atom is -0.395 e. The number of thioether (sulfide) groups is 1. The summed E-state index contributed by atoms with van der Waals surface area (Å²) in [7, 11) is 0. The summed E-state index contributed by atoms with van der Waals surface area (Å²) in [6.45, 7) is 7.23. The molecule has 4 aliphatic rings. The van der Waals surface area contributed by atoms with Crippen molar-refractivity contribution in [2.45, 2.75) is 48.9 Å². The topological polar surface area (TPSA) is 81.2 Å². The number of carbonyl (C=O) groups is 3. The average Bonchev–Trinajstić information content (AvgIpc) is 3.11. The number of β-amino-alcohol motifs (C(OH)–C–C–N with tert-alkyl or cyclic N) is 1. The lowest BCUT2D eigenvalue weighted by Crippen LogP contribution is -2.57. The largest absolute Gasteiger partial charge is 0.395 e. The molecule has 1 N–H and O–H groups in total. The molecule has 35 heavy (non-hydrogen) atoms. The minimum atomic E-state index is -0.839. The second-order valence-corrected chi connectivity index (χ2v) is 12.2. The van der Waals surface area contributed by atoms with E-state index in [9.17, 15) is 19.5 Å². The molecule has 0 aromatic heterocycles. The summed E-state index contributed by atoms with van der Waals surface area (Å²) >= 11 is 1.57. The van der Waals surface area contributed by atoms with Gasteiger partial charge >= 0.3 is 0 Å². The van der Waals surface area contributed by atoms with Crippen LogP contribution in [0.4, 0.5) is 0 Å². The normalized spacial score (nSPS) is 32.5. The molecular weight excluding hydrogens is 462 g/mol. The van der Waals surface area contributed by atoms with Crippen LogP contribution in [0.3, 0.4) is 0 Å². The Labute approximate surface area is 210 Å². The highest BCUT2D eigenvalue weighted by Crippen LogP contribution is 2.61. The number of rotatable bonds is 4. The van der Waals surface area contributed by atoms with E-state index < -0.39 is 28.2 Å². The Kier molecular flexibility index (Phi) is 6.08. The molecule has 5 rings (SSSR count). The zero-order valence-electron chi connectivity index (χ0n) is 20.5. The molecule has 1 spiro atoms. The van der Waals surface area contributed by atoms with Gasteiger partial charge in [0.05, 0.1) is 23.2 Å². The van der Waals surface area contributed by atoms with Gasteiger partial charge in [-0.25, -0.2) is 0 Å². The first-order chi connectivity index (χ1) is 16.7. The number of fused-ring (bicyclic) bond motifs is 2. The summed E-state index contributed by atoms with van der Waals surface area (Å²) in [6, 6.07) is 9.11. The first-order valence-electron chi connectivity index (χ1n) is 12.3. The van der Waals surface area contributed by atoms with E-state index >= 15 is 0 Å². The van der Waals surface area contributed by atoms with Crippen molar-refractivity contribution in [3.63, 3.8) is 0 Å². The summed E-state index contributed by atoms with van der Waals surface area (Å²) in [5.74, 6) is -1.58. The van der Waals surface area contributed by atoms with Crippen LogP contribution in [-0.2, 0) is 20.9 Å². The fraction of sp³-hybridized carbons (Fsp3) is 0.519. The van der Waals surface area contributed by atoms with Crippen molar-refractivity contribution in [3.05, 3.63) is 60.2 Å². The average molecular weight is 496 g/mol. The standard InChI is InChI=1S/C27H33N3O4S/c1-26(2,3)30-14-8-12-27-21(24(33)29(15-16-31)22(27)25(30)34)20-19(35-27)11-7-13-28(23(20)32)17-18-9-5-4-6-10-18/h4-12,19-22,31H,13-17H2,1-3H3/t19-,20+,21+,22?,27+/m1/s1. The van der Waals surface area contributed by atoms with Gasteiger partial charge in [0.2, 0.25) is 17.7 Å². The van der Waals surface area contributed by atoms with Gasteiger partial charge in [-0.1, -0.05) is 54.6 Å². The van der Waals surface area contributed by atoms with E-state index in [2.05, 4.69) is 6.08 Å². The van der Waals surface area contributed by atoms with E-state index in [-0.39, 0.29) is 36.1 Å². The zero-order valence-corrected chi connectivity index (χ0v) is 21.3. The molecule has 3 amide bonds. The van der Waals surface area contributed by atoms with E-state index in [4.69, 9.17) is 0 Å². The van der Waals surface area contributed by atoms with Gasteiger partial charge < -0.3 is 19.8 Å². The monoisotopic (exact) mass is 495 g/mol. The van der Waals surface area contributed by atoms with Crippen LogP contribution in [0.15, 0.2) is 54.6 Å². The molecule has 0 saturated carbocycles. The Hall–Kier alpha value is -2.58. The Morgan fingerprint density at radius 2 is 1.77 bits per heavy atom. The third-order valence-electron chi connectivity index (χ3n) is 7.61. The molecule has 1 aromatic rings. The number of benzene rings is 1. The van der Waals surface area contributed by atoms with Gasteiger partial charge in [0, 0.05) is 37.0 Å². The van der Waals surface area contributed by atoms with Crippen LogP contribution in [0.5, 0.6) is 0 Å². The molecule has 0 bridgehead atoms. The van der Waals surface area contributed by atoms with Crippen LogP contribution in [0.25, 0.3) is 0 Å². The number of carbonyl (C=O) groups excluding carboxylic acids is 3. The van der Waals surface area contributed by atoms with E-state index in [0.717, 1.165) is 5.56 Å². The summed E-state index contributed by atoms with van der Waals surface area (Å²) in [6.07, 6.45) is 8.07. The smallest absolute Gasteiger partial charge is 0.247 e. The number of nitrogens with zero attached hydrogens (tertiary/aromatic N) is 3. The maximum atomic E-state index is 14.0. The highest BCUT2D eigenvalue weighted by Gasteiger charge is 2.71. The summed E-state index contributed by atoms with van der Waals surface area (Å²) in [5.41, 5.74) is 0.616. The number of aliphatic hydroxyl groups excluding tert-OH is 1. The fourth-order valence-corrected chi connectivity index (χ4v) is 8.09. The molecule has 5 atom stereocenters. The van der Waals surface area contributed by atoms with Crippen LogP contribution in [-0.4, -0.2) is 85.3 Å². The number of hydrogen-bond donors (Lipinski definition) is 1. The lowest BCUT2D eigenvalue weighted by Gasteiger charge is -2.40. The Morgan fingerprint density at radius 3 is 2.46 bits per heavy atom. The van der Waals surface area contributed by atoms with Gasteiger partial charge in [-0.05, 0) is 26.3 Å². The van der Waals surface area contributed by atoms with Gasteiger partial charge in [0.25, 0.3) is 0 Å². The van der Waals surface area contributed by atoms with Gasteiger partial charge in [0.15, 0.2) is 0 Å². The summed E-state index contributed by atoms with van der Waals surface area (Å²) in [4.78, 5) is 47.1. The maximum absolute atomic E-state index is 14.0. The van der Waals surface area contributed by atoms with Crippen molar-refractivity contribution in [3.8, 4) is 0 Å². The summed E-state index contributed by atoms with van der Waals surface area (Å²) in [5, 5.41) is 9.60. The highest BCUT2D eigenvalue weighted by atomic mass is 32.2. The number of hydrogen-bond acceptors (Lipinski definition) is 5. The molecule has 8 heteroatoms. The quantitative estimate of drug-likeness (QED) is 0.647. The van der Waals surface area contributed by atoms with Crippen LogP contribution in [0.1, 0.15) is 26.3 Å². The SMILES string of the molecule is CC(C)(C)N1CC=C[C@]23S[C@@H]4C=CCN(Cc5ccccc5)C(=O)[C@@H]4[C@H]2C(=O)N(CCO)C3C1=O. The molecule has 7 nitrogen and oxygen atoms in total. The van der Waals surface area contributed by atoms with Crippen LogP contribution >= 0.6 is 11.8 Å². The van der Waals surface area contributed by atoms with Gasteiger partial charge in [-0.3, -0.25) is 14.4 Å². The molecule has 0 aliphatic carbocycles. The van der Waals surface area contributed by atoms with Crippen molar-refractivity contribution in [2.75, 3.05) is 26.2 Å². The van der Waals surface area contributed by atoms with Gasteiger partial charge in [0.1, 0.15) is 6.04 Å². The second-order valence-electron chi connectivity index (χ2n) is 10.8. The van der Waals surface area contributed by atoms with E-state index in [0.29, 0.717) is 19.6 Å². The first-order valence-corrected chi connectivity index (χ1v) is 13.1. The lowest BCUT2D eigenvalue weighted by atomic mass is 9.78. The van der Waals surface area contributed by atoms with Crippen molar-refractivity contribution in [1.29, 1.82) is 0 Å². The molecule has 2 saturated heterocycles. The van der Waals surface area contributed by atoms with E-state index in [1.54, 1.807) is 16.7 Å². The predicted molar refractivity (Wildman–Crippen MR) is 135 cm³/mol.